The lowest BCUT2D eigenvalue weighted by atomic mass is 10.1. The van der Waals surface area contributed by atoms with Crippen LogP contribution in [0.5, 0.6) is 0 Å². The SMILES string of the molecule is CCS(=O)(=O)N1CCO[C@H](c2ccccc2)C1. The van der Waals surface area contributed by atoms with Crippen molar-refractivity contribution < 1.29 is 13.2 Å². The molecule has 0 radical (unpaired) electrons. The predicted octanol–water partition coefficient (Wildman–Crippen LogP) is 1.41. The molecule has 0 aliphatic carbocycles. The molecule has 1 fully saturated rings. The third-order valence-corrected chi connectivity index (χ3v) is 4.81. The van der Waals surface area contributed by atoms with Crippen LogP contribution in [-0.4, -0.2) is 38.2 Å². The Morgan fingerprint density at radius 2 is 2.06 bits per heavy atom. The molecule has 1 heterocycles. The smallest absolute Gasteiger partial charge is 0.214 e. The zero-order valence-corrected chi connectivity index (χ0v) is 10.7. The van der Waals surface area contributed by atoms with Crippen LogP contribution in [0.25, 0.3) is 0 Å². The molecule has 5 heteroatoms. The highest BCUT2D eigenvalue weighted by molar-refractivity contribution is 7.89. The van der Waals surface area contributed by atoms with Crippen molar-refractivity contribution in [2.45, 2.75) is 13.0 Å². The number of hydrogen-bond acceptors (Lipinski definition) is 3. The van der Waals surface area contributed by atoms with Crippen LogP contribution in [0.4, 0.5) is 0 Å². The molecule has 0 spiro atoms. The van der Waals surface area contributed by atoms with E-state index in [0.717, 1.165) is 5.56 Å². The number of sulfonamides is 1. The molecule has 0 saturated carbocycles. The lowest BCUT2D eigenvalue weighted by Gasteiger charge is -2.32. The van der Waals surface area contributed by atoms with E-state index in [0.29, 0.717) is 19.7 Å². The van der Waals surface area contributed by atoms with E-state index in [2.05, 4.69) is 0 Å². The first-order valence-electron chi connectivity index (χ1n) is 5.78. The van der Waals surface area contributed by atoms with Gasteiger partial charge in [-0.1, -0.05) is 30.3 Å². The van der Waals surface area contributed by atoms with E-state index in [1.165, 1.54) is 4.31 Å². The molecule has 4 nitrogen and oxygen atoms in total. The summed E-state index contributed by atoms with van der Waals surface area (Å²) in [5.41, 5.74) is 1.03. The zero-order chi connectivity index (χ0) is 12.3. The molecule has 0 N–H and O–H groups in total. The normalized spacial score (nSPS) is 22.5. The molecule has 0 amide bonds. The van der Waals surface area contributed by atoms with Crippen LogP contribution in [0, 0.1) is 0 Å². The molecule has 1 atom stereocenters. The number of ether oxygens (including phenoxy) is 1. The van der Waals surface area contributed by atoms with Gasteiger partial charge in [-0.25, -0.2) is 8.42 Å². The highest BCUT2D eigenvalue weighted by Crippen LogP contribution is 2.23. The minimum absolute atomic E-state index is 0.147. The minimum atomic E-state index is -3.11. The van der Waals surface area contributed by atoms with Gasteiger partial charge in [-0.2, -0.15) is 4.31 Å². The summed E-state index contributed by atoms with van der Waals surface area (Å²) in [7, 11) is -3.11. The monoisotopic (exact) mass is 255 g/mol. The van der Waals surface area contributed by atoms with E-state index < -0.39 is 10.0 Å². The summed E-state index contributed by atoms with van der Waals surface area (Å²) in [4.78, 5) is 0. The van der Waals surface area contributed by atoms with E-state index in [9.17, 15) is 8.42 Å². The van der Waals surface area contributed by atoms with Crippen molar-refractivity contribution in [1.82, 2.24) is 4.31 Å². The number of benzene rings is 1. The summed E-state index contributed by atoms with van der Waals surface area (Å²) in [6, 6.07) is 9.74. The largest absolute Gasteiger partial charge is 0.371 e. The van der Waals surface area contributed by atoms with Gasteiger partial charge < -0.3 is 4.74 Å². The van der Waals surface area contributed by atoms with Gasteiger partial charge >= 0.3 is 0 Å². The summed E-state index contributed by atoms with van der Waals surface area (Å²) >= 11 is 0. The number of rotatable bonds is 3. The molecule has 1 aromatic rings. The second-order valence-corrected chi connectivity index (χ2v) is 6.29. The Kier molecular flexibility index (Phi) is 3.81. The summed E-state index contributed by atoms with van der Waals surface area (Å²) < 4.78 is 30.8. The molecular formula is C12H17NO3S. The maximum absolute atomic E-state index is 11.8. The van der Waals surface area contributed by atoms with Gasteiger partial charge in [0.25, 0.3) is 0 Å². The molecule has 1 aliphatic rings. The molecule has 0 aromatic heterocycles. The van der Waals surface area contributed by atoms with Crippen LogP contribution < -0.4 is 0 Å². The number of nitrogens with zero attached hydrogens (tertiary/aromatic N) is 1. The first kappa shape index (κ1) is 12.5. The van der Waals surface area contributed by atoms with Gasteiger partial charge in [0.1, 0.15) is 0 Å². The molecular weight excluding hydrogens is 238 g/mol. The van der Waals surface area contributed by atoms with Crippen molar-refractivity contribution in [2.24, 2.45) is 0 Å². The third kappa shape index (κ3) is 2.86. The lowest BCUT2D eigenvalue weighted by Crippen LogP contribution is -2.42. The summed E-state index contributed by atoms with van der Waals surface area (Å²) in [6.07, 6.45) is -0.147. The molecule has 94 valence electrons. The van der Waals surface area contributed by atoms with Crippen molar-refractivity contribution in [1.29, 1.82) is 0 Å². The fourth-order valence-electron chi connectivity index (χ4n) is 1.93. The van der Waals surface area contributed by atoms with E-state index in [4.69, 9.17) is 4.74 Å². The highest BCUT2D eigenvalue weighted by Gasteiger charge is 2.28. The van der Waals surface area contributed by atoms with E-state index >= 15 is 0 Å². The predicted molar refractivity (Wildman–Crippen MR) is 66.2 cm³/mol. The van der Waals surface area contributed by atoms with Gasteiger partial charge in [0.15, 0.2) is 0 Å². The average molecular weight is 255 g/mol. The minimum Gasteiger partial charge on any atom is -0.371 e. The standard InChI is InChI=1S/C12H17NO3S/c1-2-17(14,15)13-8-9-16-12(10-13)11-6-4-3-5-7-11/h3-7,12H,2,8-10H2,1H3/t12-/m0/s1. The number of hydrogen-bond donors (Lipinski definition) is 0. The summed E-state index contributed by atoms with van der Waals surface area (Å²) in [5, 5.41) is 0. The Labute approximate surface area is 102 Å². The second-order valence-electron chi connectivity index (χ2n) is 4.03. The van der Waals surface area contributed by atoms with E-state index in [1.807, 2.05) is 30.3 Å². The average Bonchev–Trinajstić information content (AvgIpc) is 2.40. The Hall–Kier alpha value is -0.910. The van der Waals surface area contributed by atoms with Crippen LogP contribution >= 0.6 is 0 Å². The zero-order valence-electron chi connectivity index (χ0n) is 9.87. The fourth-order valence-corrected chi connectivity index (χ4v) is 3.01. The van der Waals surface area contributed by atoms with Crippen molar-refractivity contribution in [2.75, 3.05) is 25.4 Å². The van der Waals surface area contributed by atoms with Crippen LogP contribution in [0.3, 0.4) is 0 Å². The van der Waals surface area contributed by atoms with Crippen molar-refractivity contribution in [3.63, 3.8) is 0 Å². The molecule has 0 bridgehead atoms. The summed E-state index contributed by atoms with van der Waals surface area (Å²) in [6.45, 7) is 3.00. The van der Waals surface area contributed by atoms with Gasteiger partial charge in [-0.05, 0) is 12.5 Å². The highest BCUT2D eigenvalue weighted by atomic mass is 32.2. The third-order valence-electron chi connectivity index (χ3n) is 2.96. The van der Waals surface area contributed by atoms with Gasteiger partial charge in [-0.15, -0.1) is 0 Å². The number of morpholine rings is 1. The summed E-state index contributed by atoms with van der Waals surface area (Å²) in [5.74, 6) is 0.147. The van der Waals surface area contributed by atoms with Crippen LogP contribution in [0.1, 0.15) is 18.6 Å². The van der Waals surface area contributed by atoms with Gasteiger partial charge in [0.2, 0.25) is 10.0 Å². The van der Waals surface area contributed by atoms with Gasteiger partial charge in [0, 0.05) is 13.1 Å². The maximum atomic E-state index is 11.8. The van der Waals surface area contributed by atoms with Crippen LogP contribution in [0.15, 0.2) is 30.3 Å². The molecule has 1 saturated heterocycles. The van der Waals surface area contributed by atoms with Gasteiger partial charge in [-0.3, -0.25) is 0 Å². The molecule has 1 aliphatic heterocycles. The quantitative estimate of drug-likeness (QED) is 0.820. The van der Waals surface area contributed by atoms with Gasteiger partial charge in [0.05, 0.1) is 18.5 Å². The Morgan fingerprint density at radius 1 is 1.35 bits per heavy atom. The fraction of sp³-hybridized carbons (Fsp3) is 0.500. The van der Waals surface area contributed by atoms with Crippen LogP contribution in [-0.2, 0) is 14.8 Å². The van der Waals surface area contributed by atoms with Crippen molar-refractivity contribution in [3.05, 3.63) is 35.9 Å². The first-order chi connectivity index (χ1) is 8.13. The Balaban J connectivity index is 2.13. The molecule has 2 rings (SSSR count). The van der Waals surface area contributed by atoms with Crippen LogP contribution in [0.2, 0.25) is 0 Å². The Bertz CT molecular complexity index is 458. The lowest BCUT2D eigenvalue weighted by molar-refractivity contribution is -0.00250. The first-order valence-corrected chi connectivity index (χ1v) is 7.39. The van der Waals surface area contributed by atoms with Crippen molar-refractivity contribution in [3.8, 4) is 0 Å². The molecule has 1 aromatic carbocycles. The molecule has 17 heavy (non-hydrogen) atoms. The Morgan fingerprint density at radius 3 is 2.71 bits per heavy atom. The molecule has 0 unspecified atom stereocenters. The van der Waals surface area contributed by atoms with E-state index in [-0.39, 0.29) is 11.9 Å². The topological polar surface area (TPSA) is 46.6 Å². The second kappa shape index (κ2) is 5.16. The van der Waals surface area contributed by atoms with Crippen molar-refractivity contribution >= 4 is 10.0 Å². The van der Waals surface area contributed by atoms with E-state index in [1.54, 1.807) is 6.92 Å². The maximum Gasteiger partial charge on any atom is 0.214 e.